The van der Waals surface area contributed by atoms with Crippen molar-refractivity contribution in [1.29, 1.82) is 0 Å². The fourth-order valence-electron chi connectivity index (χ4n) is 3.12. The molecule has 0 saturated heterocycles. The van der Waals surface area contributed by atoms with E-state index in [9.17, 15) is 18.4 Å². The van der Waals surface area contributed by atoms with Crippen LogP contribution in [0.4, 0.5) is 14.6 Å². The summed E-state index contributed by atoms with van der Waals surface area (Å²) in [6.07, 6.45) is 4.64. The highest BCUT2D eigenvalue weighted by Gasteiger charge is 2.33. The summed E-state index contributed by atoms with van der Waals surface area (Å²) in [7, 11) is 0. The number of hydrogen-bond donors (Lipinski definition) is 3. The highest BCUT2D eigenvalue weighted by molar-refractivity contribution is 6.40. The molecular formula is C21H17Cl2F2N7O2. The molecule has 1 amide bonds. The van der Waals surface area contributed by atoms with Gasteiger partial charge in [0.05, 0.1) is 30.5 Å². The molecule has 0 saturated carbocycles. The molecule has 9 nitrogen and oxygen atoms in total. The highest BCUT2D eigenvalue weighted by atomic mass is 35.5. The maximum atomic E-state index is 14.4. The number of carbonyl (C=O) groups is 1. The third-order valence-corrected chi connectivity index (χ3v) is 5.59. The molecule has 176 valence electrons. The zero-order chi connectivity index (χ0) is 24.3. The van der Waals surface area contributed by atoms with E-state index in [2.05, 4.69) is 30.6 Å². The van der Waals surface area contributed by atoms with Gasteiger partial charge in [-0.1, -0.05) is 29.3 Å². The Bertz CT molecular complexity index is 1390. The van der Waals surface area contributed by atoms with Crippen LogP contribution in [0, 0.1) is 0 Å². The Hall–Kier alpha value is -3.57. The van der Waals surface area contributed by atoms with Crippen molar-refractivity contribution >= 4 is 45.8 Å². The number of anilines is 1. The number of halogens is 4. The first-order valence-corrected chi connectivity index (χ1v) is 10.7. The average molecular weight is 508 g/mol. The van der Waals surface area contributed by atoms with Gasteiger partial charge in [-0.25, -0.2) is 4.98 Å². The number of carbonyl (C=O) groups excluding carboxylic acids is 1. The largest absolute Gasteiger partial charge is 0.360 e. The molecule has 0 aromatic carbocycles. The number of H-pyrrole nitrogens is 1. The molecule has 0 fully saturated rings. The van der Waals surface area contributed by atoms with E-state index >= 15 is 0 Å². The van der Waals surface area contributed by atoms with Crippen LogP contribution >= 0.6 is 23.2 Å². The van der Waals surface area contributed by atoms with E-state index in [4.69, 9.17) is 23.2 Å². The third kappa shape index (κ3) is 5.15. The molecule has 3 N–H and O–H groups in total. The van der Waals surface area contributed by atoms with E-state index in [1.807, 2.05) is 6.07 Å². The predicted molar refractivity (Wildman–Crippen MR) is 123 cm³/mol. The zero-order valence-electron chi connectivity index (χ0n) is 17.4. The van der Waals surface area contributed by atoms with Crippen LogP contribution in [-0.2, 0) is 23.8 Å². The fourth-order valence-corrected chi connectivity index (χ4v) is 3.49. The van der Waals surface area contributed by atoms with Gasteiger partial charge >= 0.3 is 5.92 Å². The van der Waals surface area contributed by atoms with E-state index in [0.717, 1.165) is 21.5 Å². The average Bonchev–Trinajstić information content (AvgIpc) is 3.30. The van der Waals surface area contributed by atoms with Crippen LogP contribution in [0.3, 0.4) is 0 Å². The normalized spacial score (nSPS) is 11.5. The standard InChI is InChI=1S/C21H17Cl2F2N7O2/c22-17-18(23)32(10-16(33)29-8-13-7-12-4-6-26-14(12)9-28-13)20(34)19(31-17)30-11-21(24,25)15-3-1-2-5-27-15/h1-7,9,26H,8,10-11H2,(H,29,33)(H,30,31). The summed E-state index contributed by atoms with van der Waals surface area (Å²) in [6.45, 7) is -1.37. The van der Waals surface area contributed by atoms with E-state index in [1.165, 1.54) is 18.3 Å². The Labute approximate surface area is 201 Å². The first kappa shape index (κ1) is 23.6. The van der Waals surface area contributed by atoms with Gasteiger partial charge in [0, 0.05) is 17.8 Å². The number of amides is 1. The lowest BCUT2D eigenvalue weighted by molar-refractivity contribution is -0.121. The zero-order valence-corrected chi connectivity index (χ0v) is 18.9. The summed E-state index contributed by atoms with van der Waals surface area (Å²) in [6, 6.07) is 7.76. The van der Waals surface area contributed by atoms with E-state index in [1.54, 1.807) is 18.5 Å². The summed E-state index contributed by atoms with van der Waals surface area (Å²) in [5.41, 5.74) is 0.0983. The van der Waals surface area contributed by atoms with Gasteiger partial charge in [-0.05, 0) is 24.3 Å². The molecule has 4 aromatic heterocycles. The van der Waals surface area contributed by atoms with Crippen LogP contribution in [0.15, 0.2) is 53.7 Å². The second-order valence-corrected chi connectivity index (χ2v) is 7.94. The summed E-state index contributed by atoms with van der Waals surface area (Å²) < 4.78 is 29.7. The summed E-state index contributed by atoms with van der Waals surface area (Å²) in [5.74, 6) is -4.43. The number of rotatable bonds is 8. The number of nitrogens with zero attached hydrogens (tertiary/aromatic N) is 4. The second-order valence-electron chi connectivity index (χ2n) is 7.22. The molecule has 4 heterocycles. The predicted octanol–water partition coefficient (Wildman–Crippen LogP) is 3.34. The topological polar surface area (TPSA) is 118 Å². The smallest absolute Gasteiger partial charge is 0.306 e. The van der Waals surface area contributed by atoms with Gasteiger partial charge in [-0.15, -0.1) is 0 Å². The second kappa shape index (κ2) is 9.74. The number of aromatic amines is 1. The molecule has 0 aliphatic heterocycles. The van der Waals surface area contributed by atoms with Gasteiger partial charge in [-0.3, -0.25) is 24.1 Å². The fraction of sp³-hybridized carbons (Fsp3) is 0.190. The molecule has 34 heavy (non-hydrogen) atoms. The summed E-state index contributed by atoms with van der Waals surface area (Å²) in [4.78, 5) is 39.8. The Morgan fingerprint density at radius 2 is 2.03 bits per heavy atom. The van der Waals surface area contributed by atoms with Crippen molar-refractivity contribution < 1.29 is 13.6 Å². The van der Waals surface area contributed by atoms with Crippen molar-refractivity contribution in [2.75, 3.05) is 11.9 Å². The van der Waals surface area contributed by atoms with Crippen molar-refractivity contribution in [2.45, 2.75) is 19.0 Å². The van der Waals surface area contributed by atoms with Gasteiger partial charge in [0.2, 0.25) is 5.91 Å². The van der Waals surface area contributed by atoms with Gasteiger partial charge in [-0.2, -0.15) is 8.78 Å². The van der Waals surface area contributed by atoms with E-state index in [-0.39, 0.29) is 16.9 Å². The van der Waals surface area contributed by atoms with Crippen LogP contribution in [0.1, 0.15) is 11.4 Å². The molecule has 0 aliphatic carbocycles. The third-order valence-electron chi connectivity index (χ3n) is 4.85. The lowest BCUT2D eigenvalue weighted by atomic mass is 10.2. The van der Waals surface area contributed by atoms with Crippen molar-refractivity contribution in [3.8, 4) is 0 Å². The van der Waals surface area contributed by atoms with Crippen molar-refractivity contribution in [2.24, 2.45) is 0 Å². The molecule has 4 rings (SSSR count). The maximum absolute atomic E-state index is 14.4. The quantitative estimate of drug-likeness (QED) is 0.336. The van der Waals surface area contributed by atoms with Crippen molar-refractivity contribution in [3.05, 3.63) is 81.0 Å². The first-order valence-electron chi connectivity index (χ1n) is 9.92. The number of pyridine rings is 2. The number of hydrogen-bond acceptors (Lipinski definition) is 6. The lowest BCUT2D eigenvalue weighted by Gasteiger charge is -2.17. The van der Waals surface area contributed by atoms with Gasteiger partial charge in [0.25, 0.3) is 5.56 Å². The van der Waals surface area contributed by atoms with Gasteiger partial charge in [0.15, 0.2) is 11.0 Å². The Kier molecular flexibility index (Phi) is 6.75. The van der Waals surface area contributed by atoms with Crippen molar-refractivity contribution in [3.63, 3.8) is 0 Å². The molecule has 0 aliphatic rings. The summed E-state index contributed by atoms with van der Waals surface area (Å²) >= 11 is 12.0. The van der Waals surface area contributed by atoms with E-state index in [0.29, 0.717) is 5.69 Å². The first-order chi connectivity index (χ1) is 16.2. The lowest BCUT2D eigenvalue weighted by Crippen LogP contribution is -2.35. The van der Waals surface area contributed by atoms with Gasteiger partial charge in [0.1, 0.15) is 17.4 Å². The molecule has 0 atom stereocenters. The minimum atomic E-state index is -3.39. The van der Waals surface area contributed by atoms with Gasteiger partial charge < -0.3 is 15.6 Å². The molecular weight excluding hydrogens is 491 g/mol. The monoisotopic (exact) mass is 507 g/mol. The Balaban J connectivity index is 1.46. The minimum absolute atomic E-state index is 0.104. The summed E-state index contributed by atoms with van der Waals surface area (Å²) in [5, 5.41) is 5.23. The molecule has 0 radical (unpaired) electrons. The van der Waals surface area contributed by atoms with Crippen molar-refractivity contribution in [1.82, 2.24) is 29.8 Å². The van der Waals surface area contributed by atoms with Crippen LogP contribution < -0.4 is 16.2 Å². The maximum Gasteiger partial charge on any atom is 0.306 e. The highest BCUT2D eigenvalue weighted by Crippen LogP contribution is 2.26. The number of aromatic nitrogens is 5. The van der Waals surface area contributed by atoms with Crippen LogP contribution in [0.25, 0.3) is 10.9 Å². The molecule has 0 spiro atoms. The number of fused-ring (bicyclic) bond motifs is 1. The molecule has 13 heteroatoms. The number of nitrogens with one attached hydrogen (secondary N) is 3. The number of alkyl halides is 2. The van der Waals surface area contributed by atoms with Crippen LogP contribution in [0.2, 0.25) is 10.3 Å². The van der Waals surface area contributed by atoms with Crippen LogP contribution in [0.5, 0.6) is 0 Å². The SMILES string of the molecule is O=C(Cn1c(Cl)c(Cl)nc(NCC(F)(F)c2ccccn2)c1=O)NCc1cc2cc[nH]c2cn1. The Morgan fingerprint density at radius 3 is 2.79 bits per heavy atom. The molecule has 4 aromatic rings. The minimum Gasteiger partial charge on any atom is -0.360 e. The molecule has 0 bridgehead atoms. The Morgan fingerprint density at radius 1 is 1.21 bits per heavy atom. The van der Waals surface area contributed by atoms with Crippen LogP contribution in [-0.4, -0.2) is 37.0 Å². The van der Waals surface area contributed by atoms with E-state index < -0.39 is 42.0 Å². The molecule has 0 unspecified atom stereocenters.